The molecule has 0 aliphatic carbocycles. The van der Waals surface area contributed by atoms with Crippen molar-refractivity contribution in [2.24, 2.45) is 0 Å². The maximum atomic E-state index is 13.4. The zero-order chi connectivity index (χ0) is 24.6. The number of hydrogen-bond acceptors (Lipinski definition) is 7. The molecular weight excluding hydrogens is 483 g/mol. The standard InChI is InChI=1S/C24H18ClFN2O5S/c1-3-33-23(32)21-12(2)27-24(34-21)28-18(14-5-4-6-15(25)11-14)17(20(30)22(28)31)19(29)13-7-9-16(26)10-8-13/h4-11,18,29H,3H2,1-2H3/b19-17+/t18-/m1/s1. The molecule has 2 aromatic carbocycles. The minimum absolute atomic E-state index is 0.0887. The van der Waals surface area contributed by atoms with Gasteiger partial charge >= 0.3 is 11.9 Å². The molecule has 1 aliphatic heterocycles. The molecule has 0 spiro atoms. The lowest BCUT2D eigenvalue weighted by atomic mass is 9.95. The largest absolute Gasteiger partial charge is 0.507 e. The summed E-state index contributed by atoms with van der Waals surface area (Å²) in [5, 5.41) is 11.5. The van der Waals surface area contributed by atoms with Crippen LogP contribution in [0, 0.1) is 12.7 Å². The van der Waals surface area contributed by atoms with Gasteiger partial charge in [0.05, 0.1) is 23.9 Å². The van der Waals surface area contributed by atoms with Crippen molar-refractivity contribution in [2.45, 2.75) is 19.9 Å². The Morgan fingerprint density at radius 1 is 1.24 bits per heavy atom. The second-order valence-corrected chi connectivity index (χ2v) is 8.78. The number of rotatable bonds is 5. The molecule has 1 aromatic heterocycles. The Balaban J connectivity index is 1.91. The summed E-state index contributed by atoms with van der Waals surface area (Å²) in [5.74, 6) is -3.46. The molecule has 4 rings (SSSR count). The van der Waals surface area contributed by atoms with Crippen molar-refractivity contribution in [3.63, 3.8) is 0 Å². The summed E-state index contributed by atoms with van der Waals surface area (Å²) < 4.78 is 18.5. The third-order valence-electron chi connectivity index (χ3n) is 5.18. The maximum absolute atomic E-state index is 13.4. The molecule has 2 heterocycles. The van der Waals surface area contributed by atoms with E-state index >= 15 is 0 Å². The van der Waals surface area contributed by atoms with E-state index in [-0.39, 0.29) is 27.8 Å². The molecule has 1 aliphatic rings. The highest BCUT2D eigenvalue weighted by Gasteiger charge is 2.48. The van der Waals surface area contributed by atoms with Crippen molar-refractivity contribution in [1.82, 2.24) is 4.98 Å². The fourth-order valence-electron chi connectivity index (χ4n) is 3.66. The second kappa shape index (κ2) is 9.36. The minimum Gasteiger partial charge on any atom is -0.507 e. The van der Waals surface area contributed by atoms with E-state index in [1.54, 1.807) is 38.1 Å². The van der Waals surface area contributed by atoms with E-state index in [1.165, 1.54) is 12.1 Å². The van der Waals surface area contributed by atoms with Crippen LogP contribution in [0.25, 0.3) is 5.76 Å². The summed E-state index contributed by atoms with van der Waals surface area (Å²) in [6.07, 6.45) is 0. The first-order valence-corrected chi connectivity index (χ1v) is 11.4. The number of ketones is 1. The number of carbonyl (C=O) groups is 3. The predicted octanol–water partition coefficient (Wildman–Crippen LogP) is 5.05. The molecule has 1 saturated heterocycles. The number of carbonyl (C=O) groups excluding carboxylic acids is 3. The van der Waals surface area contributed by atoms with Crippen LogP contribution in [0.3, 0.4) is 0 Å². The lowest BCUT2D eigenvalue weighted by Gasteiger charge is -2.23. The molecule has 1 atom stereocenters. The topological polar surface area (TPSA) is 96.8 Å². The summed E-state index contributed by atoms with van der Waals surface area (Å²) in [7, 11) is 0. The summed E-state index contributed by atoms with van der Waals surface area (Å²) >= 11 is 7.08. The SMILES string of the molecule is CCOC(=O)c1sc(N2C(=O)C(=O)/C(=C(/O)c3ccc(F)cc3)[C@H]2c2cccc(Cl)c2)nc1C. The number of benzene rings is 2. The normalized spacial score (nSPS) is 17.3. The molecule has 34 heavy (non-hydrogen) atoms. The number of anilines is 1. The van der Waals surface area contributed by atoms with Gasteiger partial charge in [-0.3, -0.25) is 14.5 Å². The number of aliphatic hydroxyl groups is 1. The lowest BCUT2D eigenvalue weighted by Crippen LogP contribution is -2.29. The van der Waals surface area contributed by atoms with Crippen LogP contribution in [-0.4, -0.2) is 34.4 Å². The van der Waals surface area contributed by atoms with Gasteiger partial charge in [0.25, 0.3) is 5.78 Å². The maximum Gasteiger partial charge on any atom is 0.350 e. The minimum atomic E-state index is -1.08. The first-order valence-electron chi connectivity index (χ1n) is 10.2. The molecule has 1 amide bonds. The van der Waals surface area contributed by atoms with Crippen LogP contribution in [0.5, 0.6) is 0 Å². The van der Waals surface area contributed by atoms with Crippen LogP contribution < -0.4 is 4.90 Å². The fraction of sp³-hybridized carbons (Fsp3) is 0.167. The van der Waals surface area contributed by atoms with E-state index in [9.17, 15) is 23.9 Å². The number of amides is 1. The molecule has 7 nitrogen and oxygen atoms in total. The number of aryl methyl sites for hydroxylation is 1. The van der Waals surface area contributed by atoms with Gasteiger partial charge in [0.15, 0.2) is 5.13 Å². The molecule has 0 radical (unpaired) electrons. The molecule has 1 N–H and O–H groups in total. The second-order valence-electron chi connectivity index (χ2n) is 7.36. The molecule has 0 bridgehead atoms. The Kier molecular flexibility index (Phi) is 6.49. The average molecular weight is 501 g/mol. The van der Waals surface area contributed by atoms with Gasteiger partial charge in [0.1, 0.15) is 16.5 Å². The highest BCUT2D eigenvalue weighted by molar-refractivity contribution is 7.17. The van der Waals surface area contributed by atoms with Gasteiger partial charge in [-0.2, -0.15) is 0 Å². The number of hydrogen-bond donors (Lipinski definition) is 1. The van der Waals surface area contributed by atoms with Crippen molar-refractivity contribution < 1.29 is 28.6 Å². The van der Waals surface area contributed by atoms with Gasteiger partial charge in [-0.1, -0.05) is 35.1 Å². The Bertz CT molecular complexity index is 1340. The Morgan fingerprint density at radius 3 is 2.59 bits per heavy atom. The van der Waals surface area contributed by atoms with Crippen LogP contribution in [0.15, 0.2) is 54.1 Å². The summed E-state index contributed by atoms with van der Waals surface area (Å²) in [6.45, 7) is 3.42. The van der Waals surface area contributed by atoms with Crippen molar-refractivity contribution in [2.75, 3.05) is 11.5 Å². The van der Waals surface area contributed by atoms with Crippen molar-refractivity contribution in [3.8, 4) is 0 Å². The van der Waals surface area contributed by atoms with Crippen LogP contribution in [0.2, 0.25) is 5.02 Å². The van der Waals surface area contributed by atoms with Crippen LogP contribution >= 0.6 is 22.9 Å². The van der Waals surface area contributed by atoms with E-state index in [0.717, 1.165) is 28.4 Å². The smallest absolute Gasteiger partial charge is 0.350 e. The third kappa shape index (κ3) is 4.20. The van der Waals surface area contributed by atoms with Gasteiger partial charge in [-0.25, -0.2) is 14.2 Å². The molecule has 0 unspecified atom stereocenters. The van der Waals surface area contributed by atoms with Crippen molar-refractivity contribution in [3.05, 3.63) is 86.6 Å². The molecular formula is C24H18ClFN2O5S. The first-order chi connectivity index (χ1) is 16.2. The van der Waals surface area contributed by atoms with Gasteiger partial charge in [-0.15, -0.1) is 0 Å². The molecule has 1 fully saturated rings. The van der Waals surface area contributed by atoms with E-state index in [2.05, 4.69) is 4.98 Å². The number of nitrogens with zero attached hydrogens (tertiary/aromatic N) is 2. The third-order valence-corrected chi connectivity index (χ3v) is 6.55. The van der Waals surface area contributed by atoms with E-state index < -0.39 is 35.3 Å². The van der Waals surface area contributed by atoms with Gasteiger partial charge in [0.2, 0.25) is 0 Å². The number of ether oxygens (including phenoxy) is 1. The summed E-state index contributed by atoms with van der Waals surface area (Å²) in [6, 6.07) is 10.3. The van der Waals surface area contributed by atoms with E-state index in [4.69, 9.17) is 16.3 Å². The molecule has 10 heteroatoms. The Morgan fingerprint density at radius 2 is 1.94 bits per heavy atom. The van der Waals surface area contributed by atoms with Crippen molar-refractivity contribution in [1.29, 1.82) is 0 Å². The first kappa shape index (κ1) is 23.6. The van der Waals surface area contributed by atoms with E-state index in [0.29, 0.717) is 16.3 Å². The number of Topliss-reactive ketones (excluding diaryl/α,β-unsaturated/α-hetero) is 1. The highest BCUT2D eigenvalue weighted by Crippen LogP contribution is 2.44. The number of aromatic nitrogens is 1. The van der Waals surface area contributed by atoms with Crippen LogP contribution in [0.4, 0.5) is 9.52 Å². The van der Waals surface area contributed by atoms with Crippen LogP contribution in [-0.2, 0) is 14.3 Å². The van der Waals surface area contributed by atoms with E-state index in [1.807, 2.05) is 0 Å². The zero-order valence-electron chi connectivity index (χ0n) is 18.0. The van der Waals surface area contributed by atoms with Gasteiger partial charge in [-0.05, 0) is 55.8 Å². The van der Waals surface area contributed by atoms with Gasteiger partial charge in [0, 0.05) is 10.6 Å². The van der Waals surface area contributed by atoms with Crippen LogP contribution in [0.1, 0.15) is 39.5 Å². The predicted molar refractivity (Wildman–Crippen MR) is 125 cm³/mol. The number of thiazole rings is 1. The zero-order valence-corrected chi connectivity index (χ0v) is 19.6. The highest BCUT2D eigenvalue weighted by atomic mass is 35.5. The summed E-state index contributed by atoms with van der Waals surface area (Å²) in [5.41, 5.74) is 0.739. The number of halogens is 2. The molecule has 174 valence electrons. The number of esters is 1. The quantitative estimate of drug-likeness (QED) is 0.228. The van der Waals surface area contributed by atoms with Crippen molar-refractivity contribution >= 4 is 51.5 Å². The average Bonchev–Trinajstić information content (AvgIpc) is 3.31. The lowest BCUT2D eigenvalue weighted by molar-refractivity contribution is -0.132. The summed E-state index contributed by atoms with van der Waals surface area (Å²) in [4.78, 5) is 44.3. The monoisotopic (exact) mass is 500 g/mol. The van der Waals surface area contributed by atoms with Gasteiger partial charge < -0.3 is 9.84 Å². The Labute approximate surface area is 203 Å². The molecule has 3 aromatic rings. The molecule has 0 saturated carbocycles. The Hall–Kier alpha value is -3.56. The number of aliphatic hydroxyl groups excluding tert-OH is 1. The fourth-order valence-corrected chi connectivity index (χ4v) is 4.84.